The molecule has 7 heteroatoms. The van der Waals surface area contributed by atoms with Gasteiger partial charge in [0.05, 0.1) is 0 Å². The Bertz CT molecular complexity index is 457. The summed E-state index contributed by atoms with van der Waals surface area (Å²) in [5.74, 6) is -0.514. The highest BCUT2D eigenvalue weighted by atomic mass is 16.4. The van der Waals surface area contributed by atoms with Gasteiger partial charge in [0, 0.05) is 25.4 Å². The van der Waals surface area contributed by atoms with Crippen LogP contribution in [0.25, 0.3) is 0 Å². The number of aromatic nitrogens is 2. The average Bonchev–Trinajstić information content (AvgIpc) is 2.96. The van der Waals surface area contributed by atoms with Crippen LogP contribution >= 0.6 is 0 Å². The third-order valence-corrected chi connectivity index (χ3v) is 3.00. The summed E-state index contributed by atoms with van der Waals surface area (Å²) in [6.45, 7) is 3.13. The van der Waals surface area contributed by atoms with Crippen molar-refractivity contribution in [2.45, 2.75) is 32.4 Å². The molecule has 2 rings (SSSR count). The average molecular weight is 252 g/mol. The first-order chi connectivity index (χ1) is 8.61. The number of anilines is 1. The van der Waals surface area contributed by atoms with Gasteiger partial charge in [0.1, 0.15) is 6.04 Å². The fourth-order valence-corrected chi connectivity index (χ4v) is 2.05. The van der Waals surface area contributed by atoms with Crippen molar-refractivity contribution in [2.24, 2.45) is 0 Å². The minimum atomic E-state index is -0.957. The van der Waals surface area contributed by atoms with E-state index in [1.54, 1.807) is 16.9 Å². The molecule has 2 amide bonds. The fraction of sp³-hybridized carbons (Fsp3) is 0.545. The number of nitrogens with zero attached hydrogens (tertiary/aromatic N) is 3. The summed E-state index contributed by atoms with van der Waals surface area (Å²) in [6.07, 6.45) is 2.98. The monoisotopic (exact) mass is 252 g/mol. The molecule has 1 aliphatic rings. The van der Waals surface area contributed by atoms with Crippen molar-refractivity contribution in [2.75, 3.05) is 11.9 Å². The second-order valence-corrected chi connectivity index (χ2v) is 4.18. The van der Waals surface area contributed by atoms with Gasteiger partial charge in [0.2, 0.25) is 0 Å². The van der Waals surface area contributed by atoms with E-state index in [-0.39, 0.29) is 0 Å². The fourth-order valence-electron chi connectivity index (χ4n) is 2.05. The van der Waals surface area contributed by atoms with Crippen LogP contribution in [-0.2, 0) is 11.3 Å². The topological polar surface area (TPSA) is 87.5 Å². The number of nitrogens with one attached hydrogen (secondary N) is 1. The Morgan fingerprint density at radius 2 is 2.39 bits per heavy atom. The number of aryl methyl sites for hydroxylation is 1. The van der Waals surface area contributed by atoms with Gasteiger partial charge < -0.3 is 10.0 Å². The van der Waals surface area contributed by atoms with E-state index in [0.29, 0.717) is 25.2 Å². The molecule has 98 valence electrons. The first kappa shape index (κ1) is 12.4. The number of carboxylic acids is 1. The van der Waals surface area contributed by atoms with E-state index in [4.69, 9.17) is 5.11 Å². The maximum absolute atomic E-state index is 11.9. The number of carboxylic acid groups (broad SMARTS) is 1. The second-order valence-electron chi connectivity index (χ2n) is 4.18. The quantitative estimate of drug-likeness (QED) is 0.839. The van der Waals surface area contributed by atoms with Crippen LogP contribution in [0.5, 0.6) is 0 Å². The van der Waals surface area contributed by atoms with Crippen molar-refractivity contribution in [3.8, 4) is 0 Å². The highest BCUT2D eigenvalue weighted by Crippen LogP contribution is 2.18. The van der Waals surface area contributed by atoms with Crippen molar-refractivity contribution in [3.63, 3.8) is 0 Å². The molecular formula is C11H16N4O3. The van der Waals surface area contributed by atoms with Crippen molar-refractivity contribution >= 4 is 17.8 Å². The van der Waals surface area contributed by atoms with Gasteiger partial charge >= 0.3 is 12.0 Å². The van der Waals surface area contributed by atoms with E-state index >= 15 is 0 Å². The Morgan fingerprint density at radius 3 is 3.00 bits per heavy atom. The highest BCUT2D eigenvalue weighted by molar-refractivity contribution is 5.91. The Balaban J connectivity index is 2.01. The van der Waals surface area contributed by atoms with E-state index < -0.39 is 18.0 Å². The predicted octanol–water partition coefficient (Wildman–Crippen LogP) is 0.984. The molecule has 1 unspecified atom stereocenters. The maximum atomic E-state index is 11.9. The summed E-state index contributed by atoms with van der Waals surface area (Å²) >= 11 is 0. The molecule has 0 bridgehead atoms. The van der Waals surface area contributed by atoms with Gasteiger partial charge in [-0.05, 0) is 19.8 Å². The summed E-state index contributed by atoms with van der Waals surface area (Å²) in [5.41, 5.74) is 0. The molecule has 1 aromatic rings. The van der Waals surface area contributed by atoms with Crippen LogP contribution in [0.4, 0.5) is 10.6 Å². The van der Waals surface area contributed by atoms with Crippen LogP contribution in [0, 0.1) is 0 Å². The minimum Gasteiger partial charge on any atom is -0.480 e. The normalized spacial score (nSPS) is 18.9. The molecule has 0 saturated carbocycles. The van der Waals surface area contributed by atoms with Gasteiger partial charge in [0.15, 0.2) is 5.82 Å². The lowest BCUT2D eigenvalue weighted by Gasteiger charge is -2.20. The zero-order valence-corrected chi connectivity index (χ0v) is 10.2. The molecule has 0 spiro atoms. The molecule has 1 atom stereocenters. The lowest BCUT2D eigenvalue weighted by Crippen LogP contribution is -2.42. The lowest BCUT2D eigenvalue weighted by molar-refractivity contribution is -0.141. The molecule has 2 N–H and O–H groups in total. The molecule has 18 heavy (non-hydrogen) atoms. The number of urea groups is 1. The number of likely N-dealkylation sites (tertiary alicyclic amines) is 1. The van der Waals surface area contributed by atoms with Gasteiger partial charge in [-0.2, -0.15) is 5.10 Å². The molecule has 1 saturated heterocycles. The Kier molecular flexibility index (Phi) is 3.50. The Morgan fingerprint density at radius 1 is 1.61 bits per heavy atom. The lowest BCUT2D eigenvalue weighted by atomic mass is 10.2. The van der Waals surface area contributed by atoms with E-state index in [1.165, 1.54) is 4.90 Å². The third kappa shape index (κ3) is 2.44. The Labute approximate surface area is 104 Å². The van der Waals surface area contributed by atoms with Crippen LogP contribution < -0.4 is 5.32 Å². The summed E-state index contributed by atoms with van der Waals surface area (Å²) in [6, 6.07) is 0.562. The van der Waals surface area contributed by atoms with Gasteiger partial charge in [-0.1, -0.05) is 0 Å². The number of rotatable bonds is 3. The van der Waals surface area contributed by atoms with Crippen molar-refractivity contribution in [1.29, 1.82) is 0 Å². The number of carbonyl (C=O) groups is 2. The minimum absolute atomic E-state index is 0.402. The van der Waals surface area contributed by atoms with Gasteiger partial charge in [-0.15, -0.1) is 0 Å². The van der Waals surface area contributed by atoms with E-state index in [1.807, 2.05) is 6.92 Å². The van der Waals surface area contributed by atoms with Crippen LogP contribution in [0.3, 0.4) is 0 Å². The molecule has 1 aromatic heterocycles. The molecule has 0 aromatic carbocycles. The van der Waals surface area contributed by atoms with E-state index in [2.05, 4.69) is 10.4 Å². The van der Waals surface area contributed by atoms with Crippen LogP contribution in [0.2, 0.25) is 0 Å². The van der Waals surface area contributed by atoms with Crippen molar-refractivity contribution in [1.82, 2.24) is 14.7 Å². The van der Waals surface area contributed by atoms with Gasteiger partial charge in [-0.3, -0.25) is 10.00 Å². The zero-order chi connectivity index (χ0) is 13.1. The number of carbonyl (C=O) groups excluding carboxylic acids is 1. The van der Waals surface area contributed by atoms with E-state index in [0.717, 1.165) is 6.54 Å². The molecule has 0 aliphatic carbocycles. The van der Waals surface area contributed by atoms with Crippen molar-refractivity contribution < 1.29 is 14.7 Å². The number of hydrogen-bond acceptors (Lipinski definition) is 3. The largest absolute Gasteiger partial charge is 0.480 e. The SMILES string of the molecule is CCn1ccc(NC(=O)N2CCCC2C(=O)O)n1. The smallest absolute Gasteiger partial charge is 0.326 e. The van der Waals surface area contributed by atoms with Gasteiger partial charge in [0.25, 0.3) is 0 Å². The summed E-state index contributed by atoms with van der Waals surface area (Å²) < 4.78 is 1.69. The van der Waals surface area contributed by atoms with Gasteiger partial charge in [-0.25, -0.2) is 9.59 Å². The van der Waals surface area contributed by atoms with Crippen LogP contribution in [-0.4, -0.2) is 44.4 Å². The Hall–Kier alpha value is -2.05. The highest BCUT2D eigenvalue weighted by Gasteiger charge is 2.34. The molecule has 0 radical (unpaired) electrons. The second kappa shape index (κ2) is 5.07. The molecule has 2 heterocycles. The standard InChI is InChI=1S/C11H16N4O3/c1-2-14-7-5-9(13-14)12-11(18)15-6-3-4-8(15)10(16)17/h5,7-8H,2-4,6H2,1H3,(H,16,17)(H,12,13,18). The molecular weight excluding hydrogens is 236 g/mol. The van der Waals surface area contributed by atoms with E-state index in [9.17, 15) is 9.59 Å². The van der Waals surface area contributed by atoms with Crippen molar-refractivity contribution in [3.05, 3.63) is 12.3 Å². The third-order valence-electron chi connectivity index (χ3n) is 3.00. The molecule has 7 nitrogen and oxygen atoms in total. The van der Waals surface area contributed by atoms with Crippen LogP contribution in [0.15, 0.2) is 12.3 Å². The zero-order valence-electron chi connectivity index (χ0n) is 10.2. The molecule has 1 aliphatic heterocycles. The summed E-state index contributed by atoms with van der Waals surface area (Å²) in [7, 11) is 0. The number of hydrogen-bond donors (Lipinski definition) is 2. The number of amides is 2. The summed E-state index contributed by atoms with van der Waals surface area (Å²) in [5, 5.41) is 15.7. The number of aliphatic carboxylic acids is 1. The first-order valence-corrected chi connectivity index (χ1v) is 5.95. The molecule has 1 fully saturated rings. The predicted molar refractivity (Wildman–Crippen MR) is 64.3 cm³/mol. The maximum Gasteiger partial charge on any atom is 0.326 e. The first-order valence-electron chi connectivity index (χ1n) is 5.95. The van der Waals surface area contributed by atoms with Crippen LogP contribution in [0.1, 0.15) is 19.8 Å². The summed E-state index contributed by atoms with van der Waals surface area (Å²) in [4.78, 5) is 24.2.